The summed E-state index contributed by atoms with van der Waals surface area (Å²) in [5, 5.41) is 34.6. The summed E-state index contributed by atoms with van der Waals surface area (Å²) < 4.78 is 84.5. The molecule has 15 atom stereocenters. The van der Waals surface area contributed by atoms with Crippen molar-refractivity contribution < 1.29 is 97.2 Å². The molecule has 14 rings (SSSR count). The smallest absolute Gasteiger partial charge is 0.315 e. The number of Topliss-reactive ketones (excluding diaryl/α,β-unsaturated/α-hetero) is 3. The van der Waals surface area contributed by atoms with Crippen molar-refractivity contribution in [3.05, 3.63) is 0 Å². The van der Waals surface area contributed by atoms with E-state index in [1.54, 1.807) is 51.3 Å². The summed E-state index contributed by atoms with van der Waals surface area (Å²) in [6.45, 7) is 44.7. The van der Waals surface area contributed by atoms with Gasteiger partial charge < -0.3 is 78.5 Å². The first-order chi connectivity index (χ1) is 70.0. The Labute approximate surface area is 892 Å². The molecule has 0 spiro atoms. The van der Waals surface area contributed by atoms with E-state index in [2.05, 4.69) is 105 Å². The maximum Gasteiger partial charge on any atom is 0.315 e. The summed E-state index contributed by atoms with van der Waals surface area (Å²) in [6, 6.07) is -10.4. The molecule has 15 amide bonds. The van der Waals surface area contributed by atoms with Crippen molar-refractivity contribution in [2.24, 2.45) is 79.8 Å². The fourth-order valence-corrected chi connectivity index (χ4v) is 31.2. The summed E-state index contributed by atoms with van der Waals surface area (Å²) in [7, 11) is -10.9. The average Bonchev–Trinajstić information content (AvgIpc) is 1.53. The van der Waals surface area contributed by atoms with Gasteiger partial charge in [-0.25, -0.2) is 52.6 Å². The van der Waals surface area contributed by atoms with Gasteiger partial charge in [0.25, 0.3) is 17.7 Å². The maximum atomic E-state index is 14.5. The summed E-state index contributed by atoms with van der Waals surface area (Å²) in [5.41, 5.74) is -5.75. The van der Waals surface area contributed by atoms with E-state index in [1.165, 1.54) is 17.8 Å². The number of fused-ring (bicyclic) bond motifs is 3. The zero-order chi connectivity index (χ0) is 111. The van der Waals surface area contributed by atoms with Crippen LogP contribution in [0.2, 0.25) is 0 Å². The number of carbonyl (C=O) groups is 15. The number of hydrogen-bond acceptors (Lipinski definition) is 21. The Morgan fingerprint density at radius 2 is 0.573 bits per heavy atom. The van der Waals surface area contributed by atoms with E-state index in [0.717, 1.165) is 128 Å². The number of hydrogen-bond donors (Lipinski definition) is 12. The van der Waals surface area contributed by atoms with Crippen molar-refractivity contribution in [1.29, 1.82) is 0 Å². The lowest BCUT2D eigenvalue weighted by atomic mass is 9.83. The van der Waals surface area contributed by atoms with Crippen LogP contribution in [0.1, 0.15) is 345 Å². The van der Waals surface area contributed by atoms with Gasteiger partial charge in [0.1, 0.15) is 36.3 Å². The fraction of sp³-hybridized carbons (Fsp3) is 0.861. The highest BCUT2D eigenvalue weighted by Gasteiger charge is 2.73. The summed E-state index contributed by atoms with van der Waals surface area (Å²) in [6.07, 6.45) is 22.1. The van der Waals surface area contributed by atoms with E-state index in [9.17, 15) is 97.2 Å². The molecular formula is C108H182N18O21S3. The third kappa shape index (κ3) is 29.2. The Bertz CT molecular complexity index is 5290. The molecule has 14 aliphatic rings. The van der Waals surface area contributed by atoms with Crippen LogP contribution in [0.15, 0.2) is 0 Å². The van der Waals surface area contributed by atoms with Gasteiger partial charge in [0, 0.05) is 77.0 Å². The third-order valence-electron chi connectivity index (χ3n) is 35.4. The predicted molar refractivity (Wildman–Crippen MR) is 570 cm³/mol. The monoisotopic (exact) mass is 2160 g/mol. The molecule has 848 valence electrons. The van der Waals surface area contributed by atoms with Crippen molar-refractivity contribution >= 4 is 119 Å². The molecular weight excluding hydrogens is 1980 g/mol. The largest absolute Gasteiger partial charge is 0.347 e. The van der Waals surface area contributed by atoms with Crippen LogP contribution in [-0.4, -0.2) is 307 Å². The van der Waals surface area contributed by atoms with Crippen molar-refractivity contribution in [2.75, 3.05) is 76.2 Å². The molecule has 11 aliphatic carbocycles. The van der Waals surface area contributed by atoms with Gasteiger partial charge in [0.15, 0.2) is 0 Å². The number of carbonyl (C=O) groups excluding carboxylic acids is 15. The maximum absolute atomic E-state index is 14.5. The number of amides is 15. The lowest BCUT2D eigenvalue weighted by molar-refractivity contribution is -0.145. The van der Waals surface area contributed by atoms with Gasteiger partial charge in [-0.15, -0.1) is 0 Å². The minimum absolute atomic E-state index is 0.00389. The van der Waals surface area contributed by atoms with E-state index in [4.69, 9.17) is 0 Å². The first-order valence-electron chi connectivity index (χ1n) is 56.5. The molecule has 3 saturated heterocycles. The first kappa shape index (κ1) is 120. The Balaban J connectivity index is 0.000000199. The standard InChI is InChI=1S/C37H62N6O7S.C36H60N6O7S.C35H60N6O7S/c1-8-42(9-2)51(49,50)22-37(19-11-10-12-20-37)41-34(48)40-30(35(3,4)5)33(47)43-21-25-27(36(25,6)7)28(43)31(45)39-26(18-15-23-13-14-23)29(44)32(46)38-24-16-17-24;1-8-41(9-2)50(48,49)21-36(17-11-10-12-18-36)40-33(47)39-29(34(3,4)5)32(46)42-20-24-26(35(24,6)7)27(42)30(44)38-25(19-22-13-14-22)28(43)31(45)37-23-15-16-23;1-9-15-24(27(42)30(44)36-22-16-17-22)37-29(43)26-25-23(34(25,7)8)20-41(26)31(45)28(33(4,5)6)38-32(46)39-35(18-13-12-14-19-35)21-49(47,48)40(10-2)11-3/h23-28,30H,8-22H2,1-7H3,(H,38,46)(H,39,45)(H2,40,41,48);22-27,29H,8-21H2,1-7H3,(H,37,45)(H,38,44)(H2,39,40,47);22-26,28H,9-21H2,1-8H3,(H,36,44)(H,37,43)(H2,38,39,46)/t25-,26-,27-,28-,30+;24-,25-,26-,27-,29+;23-,24-,25-,26-,28+/m000/s1. The highest BCUT2D eigenvalue weighted by molar-refractivity contribution is 7.89. The molecule has 14 fully saturated rings. The number of nitrogens with one attached hydrogen (secondary N) is 12. The Kier molecular flexibility index (Phi) is 38.1. The molecule has 0 bridgehead atoms. The average molecular weight is 2160 g/mol. The third-order valence-corrected chi connectivity index (χ3v) is 42.1. The molecule has 0 unspecified atom stereocenters. The molecule has 39 nitrogen and oxygen atoms in total. The van der Waals surface area contributed by atoms with Crippen LogP contribution in [0.3, 0.4) is 0 Å². The SMILES string of the molecule is CCC[C@H](NC(=O)[C@@H]1[C@@H]2[C@H](CN1C(=O)[C@@H](NC(=O)NC1(CS(=O)(=O)N(CC)CC)CCCCC1)C(C)(C)C)C2(C)C)C(=O)C(=O)NC1CC1.CCN(CC)S(=O)(=O)CC1(NC(=O)N[C@H](C(=O)N2C[C@H]3[C@@H]([C@H]2C(=O)N[C@@H](CC2CC2)C(=O)C(=O)NC2CC2)C3(C)C)C(C)(C)C)CCCCC1.CCN(CC)S(=O)(=O)CC1(NC(=O)N[C@H](C(=O)N2C[C@H]3[C@@H]([C@H]2C(=O)N[C@@H](CCC2CC2)C(=O)C(=O)NC2CC2)C3(C)C)C(C)(C)C)CCCCC1. The minimum atomic E-state index is -3.65. The van der Waals surface area contributed by atoms with Crippen LogP contribution in [0.5, 0.6) is 0 Å². The lowest BCUT2D eigenvalue weighted by Gasteiger charge is -2.41. The number of piperidine rings is 3. The fourth-order valence-electron chi connectivity index (χ4n) is 25.1. The second-order valence-corrected chi connectivity index (χ2v) is 57.3. The van der Waals surface area contributed by atoms with Crippen molar-refractivity contribution in [3.8, 4) is 0 Å². The van der Waals surface area contributed by atoms with E-state index < -0.39 is 206 Å². The molecule has 0 aromatic rings. The van der Waals surface area contributed by atoms with Crippen LogP contribution in [0.4, 0.5) is 14.4 Å². The molecule has 0 aromatic heterocycles. The van der Waals surface area contributed by atoms with E-state index >= 15 is 0 Å². The van der Waals surface area contributed by atoms with Crippen LogP contribution in [0, 0.1) is 79.8 Å². The highest BCUT2D eigenvalue weighted by atomic mass is 32.2. The molecule has 12 N–H and O–H groups in total. The number of rotatable bonds is 46. The van der Waals surface area contributed by atoms with Gasteiger partial charge in [-0.05, 0) is 183 Å². The number of urea groups is 3. The quantitative estimate of drug-likeness (QED) is 0.0254. The van der Waals surface area contributed by atoms with Gasteiger partial charge in [-0.2, -0.15) is 0 Å². The molecule has 0 radical (unpaired) electrons. The van der Waals surface area contributed by atoms with E-state index in [-0.39, 0.29) is 93.1 Å². The Hall–Kier alpha value is -8.22. The zero-order valence-electron chi connectivity index (χ0n) is 93.7. The molecule has 42 heteroatoms. The van der Waals surface area contributed by atoms with Crippen LogP contribution in [0.25, 0.3) is 0 Å². The molecule has 11 saturated carbocycles. The van der Waals surface area contributed by atoms with Gasteiger partial charge in [0.2, 0.25) is 82.9 Å². The highest BCUT2D eigenvalue weighted by Crippen LogP contribution is 2.67. The van der Waals surface area contributed by atoms with Gasteiger partial charge in [0.05, 0.1) is 52.0 Å². The van der Waals surface area contributed by atoms with Crippen LogP contribution >= 0.6 is 0 Å². The Morgan fingerprint density at radius 3 is 0.807 bits per heavy atom. The molecule has 0 aromatic carbocycles. The summed E-state index contributed by atoms with van der Waals surface area (Å²) in [4.78, 5) is 210. The minimum Gasteiger partial charge on any atom is -0.347 e. The summed E-state index contributed by atoms with van der Waals surface area (Å²) >= 11 is 0. The van der Waals surface area contributed by atoms with Gasteiger partial charge in [-0.3, -0.25) is 57.5 Å². The van der Waals surface area contributed by atoms with Crippen LogP contribution < -0.4 is 63.8 Å². The summed E-state index contributed by atoms with van der Waals surface area (Å²) in [5.74, 6) is -6.69. The topological polar surface area (TPSA) is 522 Å². The number of ketones is 3. The Morgan fingerprint density at radius 1 is 0.327 bits per heavy atom. The molecule has 150 heavy (non-hydrogen) atoms. The van der Waals surface area contributed by atoms with Gasteiger partial charge in [-0.1, -0.05) is 242 Å². The number of likely N-dealkylation sites (tertiary alicyclic amines) is 3. The van der Waals surface area contributed by atoms with Crippen molar-refractivity contribution in [1.82, 2.24) is 91.4 Å². The predicted octanol–water partition coefficient (Wildman–Crippen LogP) is 8.46. The lowest BCUT2D eigenvalue weighted by Crippen LogP contribution is -2.64. The van der Waals surface area contributed by atoms with Crippen molar-refractivity contribution in [3.63, 3.8) is 0 Å². The normalized spacial score (nSPS) is 26.2. The molecule has 3 aliphatic heterocycles. The molecule has 3 heterocycles. The van der Waals surface area contributed by atoms with E-state index in [0.29, 0.717) is 129 Å². The van der Waals surface area contributed by atoms with E-state index in [1.807, 2.05) is 69.2 Å². The zero-order valence-corrected chi connectivity index (χ0v) is 96.2. The number of nitrogens with zero attached hydrogens (tertiary/aromatic N) is 6. The first-order valence-corrected chi connectivity index (χ1v) is 61.4. The second-order valence-electron chi connectivity index (χ2n) is 51.4. The second kappa shape index (κ2) is 47.4. The van der Waals surface area contributed by atoms with Gasteiger partial charge >= 0.3 is 18.1 Å². The van der Waals surface area contributed by atoms with Crippen LogP contribution in [-0.2, 0) is 87.6 Å². The van der Waals surface area contributed by atoms with Crippen molar-refractivity contribution in [2.45, 2.75) is 434 Å². The number of sulfonamides is 3.